The van der Waals surface area contributed by atoms with Gasteiger partial charge in [-0.2, -0.15) is 0 Å². The van der Waals surface area contributed by atoms with Crippen molar-refractivity contribution in [1.82, 2.24) is 5.32 Å². The maximum absolute atomic E-state index is 11.9. The van der Waals surface area contributed by atoms with E-state index in [2.05, 4.69) is 31.3 Å². The average Bonchev–Trinajstić information content (AvgIpc) is 2.46. The van der Waals surface area contributed by atoms with Crippen LogP contribution >= 0.6 is 0 Å². The summed E-state index contributed by atoms with van der Waals surface area (Å²) in [6.45, 7) is 5.04. The van der Waals surface area contributed by atoms with Crippen molar-refractivity contribution < 1.29 is 4.79 Å². The van der Waals surface area contributed by atoms with Gasteiger partial charge in [-0.15, -0.1) is 0 Å². The molecule has 0 aliphatic heterocycles. The van der Waals surface area contributed by atoms with Gasteiger partial charge in [-0.3, -0.25) is 4.79 Å². The molecular formula is C16H26N2O. The van der Waals surface area contributed by atoms with Crippen LogP contribution in [0.2, 0.25) is 0 Å². The lowest BCUT2D eigenvalue weighted by Gasteiger charge is -2.16. The third-order valence-corrected chi connectivity index (χ3v) is 3.64. The first-order valence-corrected chi connectivity index (χ1v) is 7.24. The molecule has 0 fully saturated rings. The molecule has 0 heterocycles. The number of benzene rings is 1. The number of aryl methyl sites for hydroxylation is 1. The predicted molar refractivity (Wildman–Crippen MR) is 79.8 cm³/mol. The van der Waals surface area contributed by atoms with Gasteiger partial charge in [0, 0.05) is 6.54 Å². The summed E-state index contributed by atoms with van der Waals surface area (Å²) in [7, 11) is 0. The Labute approximate surface area is 116 Å². The number of rotatable bonds is 8. The van der Waals surface area contributed by atoms with Crippen molar-refractivity contribution in [1.29, 1.82) is 0 Å². The lowest BCUT2D eigenvalue weighted by Crippen LogP contribution is -2.42. The van der Waals surface area contributed by atoms with Crippen molar-refractivity contribution in [3.8, 4) is 0 Å². The van der Waals surface area contributed by atoms with Crippen molar-refractivity contribution >= 4 is 5.91 Å². The molecule has 1 aromatic rings. The van der Waals surface area contributed by atoms with Crippen LogP contribution in [0.25, 0.3) is 0 Å². The Balaban J connectivity index is 2.29. The van der Waals surface area contributed by atoms with Crippen LogP contribution in [-0.2, 0) is 11.2 Å². The highest BCUT2D eigenvalue weighted by Gasteiger charge is 2.14. The van der Waals surface area contributed by atoms with E-state index in [1.807, 2.05) is 18.2 Å². The molecule has 3 heteroatoms. The lowest BCUT2D eigenvalue weighted by molar-refractivity contribution is -0.122. The van der Waals surface area contributed by atoms with Gasteiger partial charge in [0.1, 0.15) is 0 Å². The second-order valence-electron chi connectivity index (χ2n) is 5.06. The monoisotopic (exact) mass is 262 g/mol. The summed E-state index contributed by atoms with van der Waals surface area (Å²) in [5.41, 5.74) is 7.15. The van der Waals surface area contributed by atoms with Crippen molar-refractivity contribution in [2.24, 2.45) is 11.7 Å². The van der Waals surface area contributed by atoms with Gasteiger partial charge in [0.05, 0.1) is 6.04 Å². The Bertz CT molecular complexity index is 360. The molecule has 1 amide bonds. The van der Waals surface area contributed by atoms with Gasteiger partial charge < -0.3 is 11.1 Å². The van der Waals surface area contributed by atoms with Crippen LogP contribution < -0.4 is 11.1 Å². The van der Waals surface area contributed by atoms with E-state index >= 15 is 0 Å². The highest BCUT2D eigenvalue weighted by atomic mass is 16.2. The average molecular weight is 262 g/mol. The molecule has 1 rings (SSSR count). The molecule has 0 bridgehead atoms. The summed E-state index contributed by atoms with van der Waals surface area (Å²) in [5, 5.41) is 2.96. The van der Waals surface area contributed by atoms with Crippen LogP contribution in [0.5, 0.6) is 0 Å². The molecular weight excluding hydrogens is 236 g/mol. The van der Waals surface area contributed by atoms with Gasteiger partial charge in [0.2, 0.25) is 5.91 Å². The first-order chi connectivity index (χ1) is 9.17. The van der Waals surface area contributed by atoms with Crippen molar-refractivity contribution in [2.45, 2.75) is 45.6 Å². The zero-order valence-electron chi connectivity index (χ0n) is 12.1. The van der Waals surface area contributed by atoms with E-state index < -0.39 is 6.04 Å². The number of nitrogens with one attached hydrogen (secondary N) is 1. The van der Waals surface area contributed by atoms with E-state index in [1.165, 1.54) is 5.56 Å². The molecule has 106 valence electrons. The van der Waals surface area contributed by atoms with Gasteiger partial charge in [0.25, 0.3) is 0 Å². The molecule has 1 unspecified atom stereocenters. The van der Waals surface area contributed by atoms with Gasteiger partial charge in [-0.05, 0) is 24.3 Å². The maximum atomic E-state index is 11.9. The second-order valence-corrected chi connectivity index (χ2v) is 5.06. The standard InChI is InChI=1S/C16H26N2O/c1-3-13(4-2)12-18-16(19)15(17)11-10-14-8-6-5-7-9-14/h5-9,13,15H,3-4,10-12,17H2,1-2H3,(H,18,19). The number of carbonyl (C=O) groups excluding carboxylic acids is 1. The largest absolute Gasteiger partial charge is 0.354 e. The number of amides is 1. The fourth-order valence-electron chi connectivity index (χ4n) is 2.05. The minimum absolute atomic E-state index is 0.0252. The topological polar surface area (TPSA) is 55.1 Å². The predicted octanol–water partition coefficient (Wildman–Crippen LogP) is 2.50. The van der Waals surface area contributed by atoms with Crippen LogP contribution in [0.1, 0.15) is 38.7 Å². The lowest BCUT2D eigenvalue weighted by atomic mass is 10.0. The number of hydrogen-bond donors (Lipinski definition) is 2. The fourth-order valence-corrected chi connectivity index (χ4v) is 2.05. The molecule has 19 heavy (non-hydrogen) atoms. The second kappa shape index (κ2) is 8.70. The van der Waals surface area contributed by atoms with E-state index in [0.717, 1.165) is 25.8 Å². The third kappa shape index (κ3) is 5.88. The van der Waals surface area contributed by atoms with Crippen LogP contribution in [0.3, 0.4) is 0 Å². The van der Waals surface area contributed by atoms with Crippen molar-refractivity contribution in [3.63, 3.8) is 0 Å². The molecule has 3 N–H and O–H groups in total. The van der Waals surface area contributed by atoms with E-state index in [-0.39, 0.29) is 5.91 Å². The Morgan fingerprint density at radius 3 is 2.42 bits per heavy atom. The van der Waals surface area contributed by atoms with Gasteiger partial charge >= 0.3 is 0 Å². The molecule has 0 spiro atoms. The normalized spacial score (nSPS) is 12.4. The highest BCUT2D eigenvalue weighted by molar-refractivity contribution is 5.81. The Morgan fingerprint density at radius 1 is 1.21 bits per heavy atom. The first-order valence-electron chi connectivity index (χ1n) is 7.24. The van der Waals surface area contributed by atoms with Crippen LogP contribution in [0.4, 0.5) is 0 Å². The minimum atomic E-state index is -0.408. The number of carbonyl (C=O) groups is 1. The van der Waals surface area contributed by atoms with Crippen molar-refractivity contribution in [2.75, 3.05) is 6.54 Å². The smallest absolute Gasteiger partial charge is 0.236 e. The molecule has 1 aromatic carbocycles. The minimum Gasteiger partial charge on any atom is -0.354 e. The Kier molecular flexibility index (Phi) is 7.19. The third-order valence-electron chi connectivity index (χ3n) is 3.64. The van der Waals surface area contributed by atoms with Gasteiger partial charge in [-0.25, -0.2) is 0 Å². The molecule has 0 radical (unpaired) electrons. The molecule has 1 atom stereocenters. The van der Waals surface area contributed by atoms with Gasteiger partial charge in [0.15, 0.2) is 0 Å². The van der Waals surface area contributed by atoms with E-state index in [1.54, 1.807) is 0 Å². The number of hydrogen-bond acceptors (Lipinski definition) is 2. The van der Waals surface area contributed by atoms with E-state index in [9.17, 15) is 4.79 Å². The van der Waals surface area contributed by atoms with Crippen LogP contribution in [0.15, 0.2) is 30.3 Å². The molecule has 0 aliphatic rings. The molecule has 0 saturated carbocycles. The Hall–Kier alpha value is -1.35. The summed E-state index contributed by atoms with van der Waals surface area (Å²) in [6, 6.07) is 9.73. The summed E-state index contributed by atoms with van der Waals surface area (Å²) < 4.78 is 0. The quantitative estimate of drug-likeness (QED) is 0.756. The van der Waals surface area contributed by atoms with Crippen LogP contribution in [-0.4, -0.2) is 18.5 Å². The SMILES string of the molecule is CCC(CC)CNC(=O)C(N)CCc1ccccc1. The summed E-state index contributed by atoms with van der Waals surface area (Å²) >= 11 is 0. The fraction of sp³-hybridized carbons (Fsp3) is 0.562. The van der Waals surface area contributed by atoms with Crippen LogP contribution in [0, 0.1) is 5.92 Å². The molecule has 0 saturated heterocycles. The highest BCUT2D eigenvalue weighted by Crippen LogP contribution is 2.06. The van der Waals surface area contributed by atoms with Crippen molar-refractivity contribution in [3.05, 3.63) is 35.9 Å². The molecule has 3 nitrogen and oxygen atoms in total. The van der Waals surface area contributed by atoms with E-state index in [0.29, 0.717) is 12.3 Å². The summed E-state index contributed by atoms with van der Waals surface area (Å²) in [4.78, 5) is 11.9. The number of nitrogens with two attached hydrogens (primary N) is 1. The summed E-state index contributed by atoms with van der Waals surface area (Å²) in [6.07, 6.45) is 3.73. The first kappa shape index (κ1) is 15.7. The van der Waals surface area contributed by atoms with Gasteiger partial charge in [-0.1, -0.05) is 57.0 Å². The summed E-state index contributed by atoms with van der Waals surface area (Å²) in [5.74, 6) is 0.535. The molecule has 0 aromatic heterocycles. The zero-order chi connectivity index (χ0) is 14.1. The zero-order valence-corrected chi connectivity index (χ0v) is 12.1. The molecule has 0 aliphatic carbocycles. The maximum Gasteiger partial charge on any atom is 0.236 e. The van der Waals surface area contributed by atoms with E-state index in [4.69, 9.17) is 5.73 Å². The Morgan fingerprint density at radius 2 is 1.84 bits per heavy atom.